The molecule has 0 aromatic carbocycles. The van der Waals surface area contributed by atoms with Crippen LogP contribution in [-0.4, -0.2) is 33.6 Å². The van der Waals surface area contributed by atoms with Crippen molar-refractivity contribution in [1.82, 2.24) is 5.48 Å². The Bertz CT molecular complexity index is 212. The average molecular weight is 179 g/mol. The quantitative estimate of drug-likeness (QED) is 0.597. The Labute approximate surface area is 66.8 Å². The second kappa shape index (κ2) is 3.51. The van der Waals surface area contributed by atoms with Crippen molar-refractivity contribution in [3.63, 3.8) is 0 Å². The molecule has 66 valence electrons. The smallest absolute Gasteiger partial charge is 0.150 e. The number of hydroxylamine groups is 1. The maximum atomic E-state index is 10.9. The molecule has 0 bridgehead atoms. The molecule has 1 N–H and O–H groups in total. The maximum Gasteiger partial charge on any atom is 0.150 e. The van der Waals surface area contributed by atoms with Gasteiger partial charge in [-0.15, -0.1) is 0 Å². The summed E-state index contributed by atoms with van der Waals surface area (Å²) in [6.07, 6.45) is 0.740. The van der Waals surface area contributed by atoms with Crippen LogP contribution >= 0.6 is 0 Å². The molecule has 1 atom stereocenters. The zero-order valence-electron chi connectivity index (χ0n) is 6.54. The Kier molecular flexibility index (Phi) is 2.86. The number of hydrogen-bond acceptors (Lipinski definition) is 4. The lowest BCUT2D eigenvalue weighted by Crippen LogP contribution is -2.17. The predicted molar refractivity (Wildman–Crippen MR) is 41.8 cm³/mol. The molecule has 1 unspecified atom stereocenters. The number of rotatable bonds is 3. The fraction of sp³-hybridized carbons (Fsp3) is 1.00. The van der Waals surface area contributed by atoms with E-state index in [1.807, 2.05) is 0 Å². The van der Waals surface area contributed by atoms with Crippen LogP contribution in [-0.2, 0) is 14.7 Å². The van der Waals surface area contributed by atoms with Gasteiger partial charge in [-0.3, -0.25) is 0 Å². The van der Waals surface area contributed by atoms with Gasteiger partial charge in [-0.2, -0.15) is 0 Å². The van der Waals surface area contributed by atoms with E-state index in [9.17, 15) is 8.42 Å². The van der Waals surface area contributed by atoms with E-state index in [1.54, 1.807) is 7.05 Å². The van der Waals surface area contributed by atoms with Crippen LogP contribution in [0.2, 0.25) is 0 Å². The molecule has 0 aromatic rings. The molecule has 0 saturated carbocycles. The van der Waals surface area contributed by atoms with E-state index in [0.717, 1.165) is 6.42 Å². The first-order valence-corrected chi connectivity index (χ1v) is 5.45. The molecular weight excluding hydrogens is 166 g/mol. The van der Waals surface area contributed by atoms with Gasteiger partial charge in [-0.25, -0.2) is 13.9 Å². The van der Waals surface area contributed by atoms with Gasteiger partial charge in [0.2, 0.25) is 0 Å². The highest BCUT2D eigenvalue weighted by molar-refractivity contribution is 7.91. The summed E-state index contributed by atoms with van der Waals surface area (Å²) in [7, 11) is -1.06. The van der Waals surface area contributed by atoms with Crippen LogP contribution < -0.4 is 5.48 Å². The van der Waals surface area contributed by atoms with Crippen LogP contribution in [0.3, 0.4) is 0 Å². The molecule has 1 saturated heterocycles. The number of nitrogens with one attached hydrogen (secondary N) is 1. The maximum absolute atomic E-state index is 10.9. The van der Waals surface area contributed by atoms with Crippen LogP contribution in [0.15, 0.2) is 0 Å². The van der Waals surface area contributed by atoms with Gasteiger partial charge in [0.1, 0.15) is 0 Å². The molecule has 11 heavy (non-hydrogen) atoms. The summed E-state index contributed by atoms with van der Waals surface area (Å²) in [6, 6.07) is 0. The monoisotopic (exact) mass is 179 g/mol. The Hall–Kier alpha value is -0.130. The lowest BCUT2D eigenvalue weighted by atomic mass is 10.1. The second-order valence-electron chi connectivity index (χ2n) is 2.78. The third-order valence-corrected chi connectivity index (χ3v) is 3.63. The minimum atomic E-state index is -2.73. The van der Waals surface area contributed by atoms with Crippen LogP contribution in [0.25, 0.3) is 0 Å². The van der Waals surface area contributed by atoms with Gasteiger partial charge in [0.05, 0.1) is 18.1 Å². The third-order valence-electron chi connectivity index (χ3n) is 1.79. The summed E-state index contributed by atoms with van der Waals surface area (Å²) in [5.41, 5.74) is 2.53. The van der Waals surface area contributed by atoms with Crippen molar-refractivity contribution in [2.75, 3.05) is 25.2 Å². The fourth-order valence-corrected chi connectivity index (χ4v) is 3.04. The van der Waals surface area contributed by atoms with Crippen molar-refractivity contribution in [2.24, 2.45) is 5.92 Å². The SMILES string of the molecule is CNOCC1CCS(=O)(=O)C1. The van der Waals surface area contributed by atoms with Gasteiger partial charge in [-0.05, 0) is 12.3 Å². The standard InChI is InChI=1S/C6H13NO3S/c1-7-10-4-6-2-3-11(8,9)5-6/h6-7H,2-5H2,1H3. The van der Waals surface area contributed by atoms with Gasteiger partial charge in [0.15, 0.2) is 9.84 Å². The highest BCUT2D eigenvalue weighted by Gasteiger charge is 2.27. The van der Waals surface area contributed by atoms with E-state index in [1.165, 1.54) is 0 Å². The summed E-state index contributed by atoms with van der Waals surface area (Å²) < 4.78 is 21.9. The van der Waals surface area contributed by atoms with Crippen molar-refractivity contribution >= 4 is 9.84 Å². The van der Waals surface area contributed by atoms with E-state index in [0.29, 0.717) is 12.4 Å². The largest absolute Gasteiger partial charge is 0.302 e. The van der Waals surface area contributed by atoms with Crippen molar-refractivity contribution in [2.45, 2.75) is 6.42 Å². The van der Waals surface area contributed by atoms with Crippen LogP contribution in [0.1, 0.15) is 6.42 Å². The molecule has 5 heteroatoms. The van der Waals surface area contributed by atoms with Gasteiger partial charge >= 0.3 is 0 Å². The van der Waals surface area contributed by atoms with Gasteiger partial charge in [-0.1, -0.05) is 0 Å². The third kappa shape index (κ3) is 2.76. The van der Waals surface area contributed by atoms with E-state index in [2.05, 4.69) is 5.48 Å². The molecule has 0 radical (unpaired) electrons. The normalized spacial score (nSPS) is 29.0. The first-order valence-electron chi connectivity index (χ1n) is 3.63. The Morgan fingerprint density at radius 2 is 2.36 bits per heavy atom. The molecule has 1 aliphatic rings. The first kappa shape index (κ1) is 8.96. The molecule has 1 rings (SSSR count). The van der Waals surface area contributed by atoms with Crippen molar-refractivity contribution in [3.8, 4) is 0 Å². The van der Waals surface area contributed by atoms with E-state index >= 15 is 0 Å². The summed E-state index contributed by atoms with van der Waals surface area (Å²) >= 11 is 0. The molecule has 0 spiro atoms. The molecule has 4 nitrogen and oxygen atoms in total. The molecule has 1 fully saturated rings. The van der Waals surface area contributed by atoms with Crippen molar-refractivity contribution < 1.29 is 13.3 Å². The summed E-state index contributed by atoms with van der Waals surface area (Å²) in [5.74, 6) is 0.798. The molecule has 0 aliphatic carbocycles. The Balaban J connectivity index is 2.31. The van der Waals surface area contributed by atoms with Gasteiger partial charge in [0, 0.05) is 7.05 Å². The van der Waals surface area contributed by atoms with E-state index in [-0.39, 0.29) is 11.7 Å². The summed E-state index contributed by atoms with van der Waals surface area (Å²) in [4.78, 5) is 4.90. The highest BCUT2D eigenvalue weighted by Crippen LogP contribution is 2.17. The van der Waals surface area contributed by atoms with Crippen LogP contribution in [0.4, 0.5) is 0 Å². The lowest BCUT2D eigenvalue weighted by Gasteiger charge is -2.05. The van der Waals surface area contributed by atoms with E-state index < -0.39 is 9.84 Å². The Morgan fingerprint density at radius 3 is 2.82 bits per heavy atom. The Morgan fingerprint density at radius 1 is 1.64 bits per heavy atom. The molecule has 1 heterocycles. The van der Waals surface area contributed by atoms with Gasteiger partial charge in [0.25, 0.3) is 0 Å². The second-order valence-corrected chi connectivity index (χ2v) is 5.01. The summed E-state index contributed by atoms with van der Waals surface area (Å²) in [5, 5.41) is 0. The lowest BCUT2D eigenvalue weighted by molar-refractivity contribution is 0.0370. The minimum absolute atomic E-state index is 0.187. The minimum Gasteiger partial charge on any atom is -0.302 e. The zero-order valence-corrected chi connectivity index (χ0v) is 7.36. The summed E-state index contributed by atoms with van der Waals surface area (Å²) in [6.45, 7) is 0.496. The average Bonchev–Trinajstić information content (AvgIpc) is 2.26. The van der Waals surface area contributed by atoms with E-state index in [4.69, 9.17) is 4.84 Å². The number of hydrogen-bond donors (Lipinski definition) is 1. The molecule has 0 aromatic heterocycles. The predicted octanol–water partition coefficient (Wildman–Crippen LogP) is -0.428. The van der Waals surface area contributed by atoms with Crippen LogP contribution in [0, 0.1) is 5.92 Å². The van der Waals surface area contributed by atoms with Gasteiger partial charge < -0.3 is 4.84 Å². The molecule has 1 aliphatic heterocycles. The highest BCUT2D eigenvalue weighted by atomic mass is 32.2. The number of sulfone groups is 1. The fourth-order valence-electron chi connectivity index (χ4n) is 1.20. The van der Waals surface area contributed by atoms with Crippen molar-refractivity contribution in [3.05, 3.63) is 0 Å². The molecular formula is C6H13NO3S. The topological polar surface area (TPSA) is 55.4 Å². The van der Waals surface area contributed by atoms with Crippen LogP contribution in [0.5, 0.6) is 0 Å². The van der Waals surface area contributed by atoms with Crippen molar-refractivity contribution in [1.29, 1.82) is 0 Å². The zero-order chi connectivity index (χ0) is 8.32. The molecule has 0 amide bonds. The first-order chi connectivity index (χ1) is 5.14.